The summed E-state index contributed by atoms with van der Waals surface area (Å²) in [6, 6.07) is 21.0. The van der Waals surface area contributed by atoms with E-state index in [1.165, 1.54) is 58.9 Å². The molecule has 0 aromatic heterocycles. The summed E-state index contributed by atoms with van der Waals surface area (Å²) >= 11 is 0. The minimum Gasteiger partial charge on any atom is -0.322 e. The lowest BCUT2D eigenvalue weighted by Gasteiger charge is -2.18. The van der Waals surface area contributed by atoms with Crippen LogP contribution >= 0.6 is 0 Å². The Bertz CT molecular complexity index is 1380. The van der Waals surface area contributed by atoms with Gasteiger partial charge in [-0.25, -0.2) is 16.8 Å². The first kappa shape index (κ1) is 26.1. The van der Waals surface area contributed by atoms with Crippen molar-refractivity contribution < 1.29 is 21.6 Å². The Balaban J connectivity index is 1.63. The van der Waals surface area contributed by atoms with E-state index >= 15 is 0 Å². The molecule has 184 valence electrons. The zero-order valence-corrected chi connectivity index (χ0v) is 21.0. The van der Waals surface area contributed by atoms with Gasteiger partial charge >= 0.3 is 0 Å². The van der Waals surface area contributed by atoms with E-state index in [0.29, 0.717) is 30.0 Å². The van der Waals surface area contributed by atoms with Crippen molar-refractivity contribution in [2.24, 2.45) is 0 Å². The Labute approximate surface area is 206 Å². The van der Waals surface area contributed by atoms with Gasteiger partial charge in [-0.2, -0.15) is 4.31 Å². The fraction of sp³-hybridized carbons (Fsp3) is 0.160. The van der Waals surface area contributed by atoms with E-state index in [-0.39, 0.29) is 4.90 Å². The number of amides is 1. The number of carbonyl (C=O) groups excluding carboxylic acids is 1. The zero-order valence-electron chi connectivity index (χ0n) is 19.4. The number of anilines is 2. The number of nitrogens with zero attached hydrogens (tertiary/aromatic N) is 1. The second-order valence-corrected chi connectivity index (χ2v) is 11.0. The summed E-state index contributed by atoms with van der Waals surface area (Å²) in [5.74, 6) is -0.414. The van der Waals surface area contributed by atoms with Crippen LogP contribution < -0.4 is 10.0 Å². The van der Waals surface area contributed by atoms with Crippen LogP contribution in [0, 0.1) is 0 Å². The molecule has 0 unspecified atom stereocenters. The van der Waals surface area contributed by atoms with Crippen LogP contribution in [0.1, 0.15) is 29.8 Å². The molecule has 10 heteroatoms. The molecular weight excluding hydrogens is 486 g/mol. The molecule has 0 aliphatic heterocycles. The first-order valence-corrected chi connectivity index (χ1v) is 13.9. The van der Waals surface area contributed by atoms with Gasteiger partial charge in [-0.1, -0.05) is 44.2 Å². The van der Waals surface area contributed by atoms with Gasteiger partial charge in [-0.3, -0.25) is 9.52 Å². The summed E-state index contributed by atoms with van der Waals surface area (Å²) in [7, 11) is -7.30. The molecule has 0 radical (unpaired) electrons. The van der Waals surface area contributed by atoms with E-state index in [1.54, 1.807) is 26.0 Å². The third-order valence-electron chi connectivity index (χ3n) is 5.10. The molecule has 0 spiro atoms. The molecule has 0 saturated carbocycles. The van der Waals surface area contributed by atoms with Crippen LogP contribution in [0.25, 0.3) is 6.08 Å². The van der Waals surface area contributed by atoms with Crippen LogP contribution in [-0.4, -0.2) is 40.1 Å². The van der Waals surface area contributed by atoms with Gasteiger partial charge in [-0.15, -0.1) is 0 Å². The molecule has 0 fully saturated rings. The van der Waals surface area contributed by atoms with Crippen LogP contribution in [-0.2, 0) is 20.0 Å². The van der Waals surface area contributed by atoms with Crippen molar-refractivity contribution in [2.45, 2.75) is 18.7 Å². The lowest BCUT2D eigenvalue weighted by Crippen LogP contribution is -2.30. The Morgan fingerprint density at radius 2 is 1.37 bits per heavy atom. The maximum absolute atomic E-state index is 12.6. The summed E-state index contributed by atoms with van der Waals surface area (Å²) in [5, 5.41) is 3.78. The summed E-state index contributed by atoms with van der Waals surface area (Å²) in [6.07, 6.45) is 1.49. The molecule has 2 N–H and O–H groups in total. The highest BCUT2D eigenvalue weighted by atomic mass is 32.2. The van der Waals surface area contributed by atoms with Crippen molar-refractivity contribution in [3.63, 3.8) is 0 Å². The van der Waals surface area contributed by atoms with Crippen LogP contribution in [0.15, 0.2) is 89.2 Å². The van der Waals surface area contributed by atoms with E-state index in [1.807, 2.05) is 18.2 Å². The molecular formula is C25H27N3O5S2. The SMILES string of the molecule is CCN(CC)S(=O)(=O)c1ccc(NC(=O)c2ccc(NS(=O)(=O)/C=C/c3ccccc3)cc2)cc1. The molecule has 8 nitrogen and oxygen atoms in total. The highest BCUT2D eigenvalue weighted by Crippen LogP contribution is 2.19. The molecule has 1 amide bonds. The minimum atomic E-state index is -3.72. The van der Waals surface area contributed by atoms with Crippen molar-refractivity contribution in [1.29, 1.82) is 0 Å². The number of hydrogen-bond donors (Lipinski definition) is 2. The molecule has 3 aromatic carbocycles. The van der Waals surface area contributed by atoms with Crippen LogP contribution in [0.3, 0.4) is 0 Å². The smallest absolute Gasteiger partial charge is 0.255 e. The molecule has 3 rings (SSSR count). The highest BCUT2D eigenvalue weighted by molar-refractivity contribution is 7.95. The van der Waals surface area contributed by atoms with E-state index in [9.17, 15) is 21.6 Å². The fourth-order valence-corrected chi connectivity index (χ4v) is 5.57. The first-order chi connectivity index (χ1) is 16.6. The summed E-state index contributed by atoms with van der Waals surface area (Å²) < 4.78 is 53.5. The van der Waals surface area contributed by atoms with Gasteiger partial charge in [0.2, 0.25) is 10.0 Å². The molecule has 0 bridgehead atoms. The second-order valence-electron chi connectivity index (χ2n) is 7.51. The number of carbonyl (C=O) groups is 1. The molecule has 0 heterocycles. The van der Waals surface area contributed by atoms with Crippen LogP contribution in [0.4, 0.5) is 11.4 Å². The molecule has 0 aliphatic rings. The summed E-state index contributed by atoms with van der Waals surface area (Å²) in [6.45, 7) is 4.28. The monoisotopic (exact) mass is 513 g/mol. The van der Waals surface area contributed by atoms with Crippen LogP contribution in [0.5, 0.6) is 0 Å². The number of sulfonamides is 2. The Hall–Kier alpha value is -3.47. The maximum atomic E-state index is 12.6. The van der Waals surface area contributed by atoms with E-state index < -0.39 is 26.0 Å². The topological polar surface area (TPSA) is 113 Å². The first-order valence-electron chi connectivity index (χ1n) is 10.9. The van der Waals surface area contributed by atoms with Gasteiger partial charge < -0.3 is 5.32 Å². The lowest BCUT2D eigenvalue weighted by atomic mass is 10.2. The molecule has 3 aromatic rings. The largest absolute Gasteiger partial charge is 0.322 e. The quantitative estimate of drug-likeness (QED) is 0.418. The maximum Gasteiger partial charge on any atom is 0.255 e. The predicted molar refractivity (Wildman–Crippen MR) is 139 cm³/mol. The average molecular weight is 514 g/mol. The number of hydrogen-bond acceptors (Lipinski definition) is 5. The average Bonchev–Trinajstić information content (AvgIpc) is 2.84. The third-order valence-corrected chi connectivity index (χ3v) is 8.18. The van der Waals surface area contributed by atoms with Crippen molar-refractivity contribution in [1.82, 2.24) is 4.31 Å². The fourth-order valence-electron chi connectivity index (χ4n) is 3.25. The number of benzene rings is 3. The molecule has 0 aliphatic carbocycles. The summed E-state index contributed by atoms with van der Waals surface area (Å²) in [5.41, 5.74) is 1.81. The Morgan fingerprint density at radius 1 is 0.800 bits per heavy atom. The van der Waals surface area contributed by atoms with Crippen molar-refractivity contribution in [3.05, 3.63) is 95.4 Å². The van der Waals surface area contributed by atoms with Crippen molar-refractivity contribution in [2.75, 3.05) is 23.1 Å². The minimum absolute atomic E-state index is 0.150. The second kappa shape index (κ2) is 11.3. The van der Waals surface area contributed by atoms with Gasteiger partial charge in [0, 0.05) is 30.0 Å². The van der Waals surface area contributed by atoms with Gasteiger partial charge in [0.1, 0.15) is 0 Å². The van der Waals surface area contributed by atoms with E-state index in [4.69, 9.17) is 0 Å². The number of nitrogens with one attached hydrogen (secondary N) is 2. The van der Waals surface area contributed by atoms with Crippen LogP contribution in [0.2, 0.25) is 0 Å². The van der Waals surface area contributed by atoms with Crippen molar-refractivity contribution in [3.8, 4) is 0 Å². The standard InChI is InChI=1S/C25H27N3O5S2/c1-3-28(4-2)35(32,33)24-16-14-22(15-17-24)26-25(29)21-10-12-23(13-11-21)27-34(30,31)19-18-20-8-6-5-7-9-20/h5-19,27H,3-4H2,1-2H3,(H,26,29)/b19-18+. The molecule has 0 saturated heterocycles. The lowest BCUT2D eigenvalue weighted by molar-refractivity contribution is 0.102. The highest BCUT2D eigenvalue weighted by Gasteiger charge is 2.21. The normalized spacial score (nSPS) is 12.1. The van der Waals surface area contributed by atoms with E-state index in [2.05, 4.69) is 10.0 Å². The van der Waals surface area contributed by atoms with Gasteiger partial charge in [0.05, 0.1) is 10.3 Å². The van der Waals surface area contributed by atoms with E-state index in [0.717, 1.165) is 11.0 Å². The predicted octanol–water partition coefficient (Wildman–Crippen LogP) is 4.38. The Kier molecular flexibility index (Phi) is 8.44. The van der Waals surface area contributed by atoms with Gasteiger partial charge in [0.25, 0.3) is 15.9 Å². The third kappa shape index (κ3) is 7.01. The van der Waals surface area contributed by atoms with Gasteiger partial charge in [-0.05, 0) is 60.2 Å². The summed E-state index contributed by atoms with van der Waals surface area (Å²) in [4.78, 5) is 12.7. The van der Waals surface area contributed by atoms with Crippen molar-refractivity contribution >= 4 is 43.4 Å². The molecule has 35 heavy (non-hydrogen) atoms. The zero-order chi connectivity index (χ0) is 25.5. The Morgan fingerprint density at radius 3 is 1.94 bits per heavy atom. The number of rotatable bonds is 10. The van der Waals surface area contributed by atoms with Gasteiger partial charge in [0.15, 0.2) is 0 Å². The molecule has 0 atom stereocenters.